The monoisotopic (exact) mass is 234 g/mol. The molecule has 6 heteroatoms. The van der Waals surface area contributed by atoms with E-state index in [1.165, 1.54) is 6.08 Å². The average Bonchev–Trinajstić information content (AvgIpc) is 2.16. The maximum Gasteiger partial charge on any atom is 0.334 e. The minimum absolute atomic E-state index is 0.0206. The smallest absolute Gasteiger partial charge is 0.334 e. The molecular formula is C9H14O5S. The van der Waals surface area contributed by atoms with Crippen molar-refractivity contribution >= 4 is 16.1 Å². The van der Waals surface area contributed by atoms with Crippen molar-refractivity contribution in [3.8, 4) is 0 Å². The van der Waals surface area contributed by atoms with Crippen molar-refractivity contribution in [3.63, 3.8) is 0 Å². The Bertz CT molecular complexity index is 328. The first-order chi connectivity index (χ1) is 7.02. The van der Waals surface area contributed by atoms with Gasteiger partial charge in [-0.05, 0) is 12.5 Å². The van der Waals surface area contributed by atoms with E-state index in [4.69, 9.17) is 0 Å². The van der Waals surface area contributed by atoms with Gasteiger partial charge in [0.1, 0.15) is 0 Å². The topological polar surface area (TPSA) is 69.7 Å². The normalized spacial score (nSPS) is 11.5. The van der Waals surface area contributed by atoms with Crippen LogP contribution in [0, 0.1) is 0 Å². The highest BCUT2D eigenvalue weighted by Gasteiger charge is 2.07. The number of esters is 1. The molecule has 0 N–H and O–H groups in total. The predicted molar refractivity (Wildman–Crippen MR) is 55.5 cm³/mol. The van der Waals surface area contributed by atoms with E-state index < -0.39 is 16.1 Å². The summed E-state index contributed by atoms with van der Waals surface area (Å²) in [5.41, 5.74) is 0. The van der Waals surface area contributed by atoms with E-state index in [0.717, 1.165) is 12.3 Å². The van der Waals surface area contributed by atoms with Gasteiger partial charge in [-0.1, -0.05) is 13.5 Å². The van der Waals surface area contributed by atoms with Crippen LogP contribution in [0.2, 0.25) is 0 Å². The van der Waals surface area contributed by atoms with Crippen LogP contribution in [0.15, 0.2) is 25.0 Å². The zero-order valence-corrected chi connectivity index (χ0v) is 9.33. The van der Waals surface area contributed by atoms with Crippen molar-refractivity contribution in [1.29, 1.82) is 0 Å². The highest BCUT2D eigenvalue weighted by Crippen LogP contribution is 1.96. The van der Waals surface area contributed by atoms with Gasteiger partial charge in [0, 0.05) is 6.08 Å². The molecule has 0 saturated heterocycles. The third-order valence-electron chi connectivity index (χ3n) is 1.25. The van der Waals surface area contributed by atoms with Crippen molar-refractivity contribution in [2.24, 2.45) is 0 Å². The molecule has 0 fully saturated rings. The van der Waals surface area contributed by atoms with Gasteiger partial charge >= 0.3 is 5.97 Å². The van der Waals surface area contributed by atoms with Crippen LogP contribution in [-0.4, -0.2) is 26.7 Å². The Morgan fingerprint density at radius 3 is 2.67 bits per heavy atom. The molecule has 0 bridgehead atoms. The molecule has 0 aliphatic heterocycles. The molecule has 0 atom stereocenters. The maximum absolute atomic E-state index is 11.0. The first-order valence-electron chi connectivity index (χ1n) is 4.37. The Kier molecular flexibility index (Phi) is 6.64. The third kappa shape index (κ3) is 7.90. The number of hydrogen-bond acceptors (Lipinski definition) is 5. The first kappa shape index (κ1) is 13.9. The molecule has 0 unspecified atom stereocenters. The Labute approximate surface area is 89.5 Å². The lowest BCUT2D eigenvalue weighted by atomic mass is 10.6. The molecule has 0 amide bonds. The van der Waals surface area contributed by atoms with Gasteiger partial charge in [-0.2, -0.15) is 8.42 Å². The minimum Gasteiger partial charge on any atom is -0.432 e. The first-order valence-corrected chi connectivity index (χ1v) is 5.94. The van der Waals surface area contributed by atoms with Gasteiger partial charge in [-0.3, -0.25) is 4.18 Å². The van der Waals surface area contributed by atoms with Crippen molar-refractivity contribution in [2.75, 3.05) is 12.4 Å². The highest BCUT2D eigenvalue weighted by atomic mass is 32.2. The van der Waals surface area contributed by atoms with Gasteiger partial charge in [-0.25, -0.2) is 4.79 Å². The van der Waals surface area contributed by atoms with Gasteiger partial charge < -0.3 is 4.74 Å². The fraction of sp³-hybridized carbons (Fsp3) is 0.444. The highest BCUT2D eigenvalue weighted by molar-refractivity contribution is 7.86. The zero-order valence-electron chi connectivity index (χ0n) is 8.51. The maximum atomic E-state index is 11.0. The van der Waals surface area contributed by atoms with Gasteiger partial charge in [0.2, 0.25) is 0 Å². The van der Waals surface area contributed by atoms with Crippen LogP contribution in [0.1, 0.15) is 13.3 Å². The van der Waals surface area contributed by atoms with Gasteiger partial charge in [-0.15, -0.1) is 0 Å². The van der Waals surface area contributed by atoms with Crippen LogP contribution in [0.25, 0.3) is 0 Å². The number of hydrogen-bond donors (Lipinski definition) is 0. The van der Waals surface area contributed by atoms with Crippen LogP contribution in [0.5, 0.6) is 0 Å². The molecule has 0 rings (SSSR count). The molecule has 0 aliphatic carbocycles. The molecule has 0 aromatic carbocycles. The molecule has 0 saturated carbocycles. The summed E-state index contributed by atoms with van der Waals surface area (Å²) in [6.45, 7) is 4.78. The van der Waals surface area contributed by atoms with Crippen LogP contribution in [0.3, 0.4) is 0 Å². The van der Waals surface area contributed by atoms with E-state index in [1.807, 2.05) is 0 Å². The second kappa shape index (κ2) is 7.19. The number of carbonyl (C=O) groups is 1. The number of rotatable bonds is 7. The van der Waals surface area contributed by atoms with Gasteiger partial charge in [0.15, 0.2) is 0 Å². The predicted octanol–water partition coefficient (Wildman–Crippen LogP) is 0.986. The van der Waals surface area contributed by atoms with Crippen molar-refractivity contribution in [2.45, 2.75) is 13.3 Å². The van der Waals surface area contributed by atoms with E-state index in [0.29, 0.717) is 6.42 Å². The lowest BCUT2D eigenvalue weighted by molar-refractivity contribution is -0.132. The molecule has 15 heavy (non-hydrogen) atoms. The lowest BCUT2D eigenvalue weighted by Crippen LogP contribution is -2.09. The zero-order chi connectivity index (χ0) is 11.7. The van der Waals surface area contributed by atoms with Crippen LogP contribution in [0.4, 0.5) is 0 Å². The van der Waals surface area contributed by atoms with Gasteiger partial charge in [0.25, 0.3) is 10.1 Å². The summed E-state index contributed by atoms with van der Waals surface area (Å²) < 4.78 is 31.0. The summed E-state index contributed by atoms with van der Waals surface area (Å²) in [6.07, 6.45) is 3.84. The van der Waals surface area contributed by atoms with E-state index in [9.17, 15) is 13.2 Å². The van der Waals surface area contributed by atoms with Crippen LogP contribution in [-0.2, 0) is 23.8 Å². The van der Waals surface area contributed by atoms with Crippen molar-refractivity contribution in [3.05, 3.63) is 25.0 Å². The Hall–Kier alpha value is -1.14. The molecule has 0 aromatic rings. The van der Waals surface area contributed by atoms with E-state index >= 15 is 0 Å². The Morgan fingerprint density at radius 1 is 1.47 bits per heavy atom. The molecule has 5 nitrogen and oxygen atoms in total. The van der Waals surface area contributed by atoms with E-state index in [-0.39, 0.29) is 12.4 Å². The largest absolute Gasteiger partial charge is 0.432 e. The summed E-state index contributed by atoms with van der Waals surface area (Å²) >= 11 is 0. The average molecular weight is 234 g/mol. The summed E-state index contributed by atoms with van der Waals surface area (Å²) in [4.78, 5) is 10.5. The molecule has 0 radical (unpaired) electrons. The quantitative estimate of drug-likeness (QED) is 0.284. The number of carbonyl (C=O) groups excluding carboxylic acids is 1. The summed E-state index contributed by atoms with van der Waals surface area (Å²) in [7, 11) is -3.45. The molecule has 0 aliphatic rings. The Balaban J connectivity index is 3.79. The standard InChI is InChI=1S/C9H14O5S/c1-3-8-15(11,12)14-7-5-6-13-9(10)4-2/h4-6H,2-3,7-8H2,1H3. The number of ether oxygens (including phenoxy) is 1. The lowest BCUT2D eigenvalue weighted by Gasteiger charge is -2.00. The van der Waals surface area contributed by atoms with Gasteiger partial charge in [0.05, 0.1) is 18.6 Å². The third-order valence-corrected chi connectivity index (χ3v) is 2.65. The Morgan fingerprint density at radius 2 is 2.13 bits per heavy atom. The summed E-state index contributed by atoms with van der Waals surface area (Å²) in [6, 6.07) is 0. The SMILES string of the molecule is C=CC(=O)OC=CCOS(=O)(=O)CCC. The van der Waals surface area contributed by atoms with Crippen molar-refractivity contribution < 1.29 is 22.1 Å². The minimum atomic E-state index is -3.45. The molecular weight excluding hydrogens is 220 g/mol. The molecule has 0 aromatic heterocycles. The second-order valence-corrected chi connectivity index (χ2v) is 4.32. The van der Waals surface area contributed by atoms with E-state index in [1.54, 1.807) is 6.92 Å². The molecule has 0 spiro atoms. The summed E-state index contributed by atoms with van der Waals surface area (Å²) in [5, 5.41) is 0. The van der Waals surface area contributed by atoms with Crippen LogP contribution >= 0.6 is 0 Å². The van der Waals surface area contributed by atoms with Crippen LogP contribution < -0.4 is 0 Å². The fourth-order valence-electron chi connectivity index (χ4n) is 0.654. The summed E-state index contributed by atoms with van der Waals surface area (Å²) in [5.74, 6) is -0.629. The van der Waals surface area contributed by atoms with E-state index in [2.05, 4.69) is 15.5 Å². The van der Waals surface area contributed by atoms with Crippen molar-refractivity contribution in [1.82, 2.24) is 0 Å². The second-order valence-electron chi connectivity index (χ2n) is 2.56. The molecule has 0 heterocycles. The molecule has 86 valence electrons. The fourth-order valence-corrected chi connectivity index (χ4v) is 1.56.